The van der Waals surface area contributed by atoms with Crippen molar-refractivity contribution in [1.29, 1.82) is 0 Å². The molecular formula is C17H12N2O4. The molecule has 4 rings (SSSR count). The van der Waals surface area contributed by atoms with E-state index in [1.54, 1.807) is 36.0 Å². The van der Waals surface area contributed by atoms with Crippen LogP contribution in [0.5, 0.6) is 17.2 Å². The van der Waals surface area contributed by atoms with Crippen LogP contribution >= 0.6 is 0 Å². The molecule has 6 nitrogen and oxygen atoms in total. The minimum atomic E-state index is -0.390. The van der Waals surface area contributed by atoms with Crippen LogP contribution in [0, 0.1) is 0 Å². The second-order valence-corrected chi connectivity index (χ2v) is 5.31. The van der Waals surface area contributed by atoms with Crippen LogP contribution in [0.2, 0.25) is 0 Å². The predicted octanol–water partition coefficient (Wildman–Crippen LogP) is 2.60. The number of aromatic nitrogens is 2. The van der Waals surface area contributed by atoms with Gasteiger partial charge in [-0.1, -0.05) is 6.07 Å². The Hall–Kier alpha value is -3.28. The molecule has 3 heterocycles. The van der Waals surface area contributed by atoms with Gasteiger partial charge in [0.2, 0.25) is 5.78 Å². The lowest BCUT2D eigenvalue weighted by Gasteiger charge is -1.99. The summed E-state index contributed by atoms with van der Waals surface area (Å²) in [6, 6.07) is 6.16. The van der Waals surface area contributed by atoms with E-state index < -0.39 is 5.78 Å². The number of carbonyl (C=O) groups is 1. The monoisotopic (exact) mass is 308 g/mol. The standard InChI is InChI=1S/C17H12N2O4/c1-19-8-9(14-11(21)5-6-18-17(14)19)7-13-16(22)15-10(20)3-2-4-12(15)23-13/h2-8,20H,1H3,(H,18,21)/b13-7-. The molecule has 0 amide bonds. The first-order chi connectivity index (χ1) is 11.1. The number of nitrogens with zero attached hydrogens (tertiary/aromatic N) is 2. The summed E-state index contributed by atoms with van der Waals surface area (Å²) in [5.74, 6) is -0.00818. The Bertz CT molecular complexity index is 1000. The Labute approximate surface area is 130 Å². The molecule has 0 fully saturated rings. The quantitative estimate of drug-likeness (QED) is 0.675. The number of Topliss-reactive ketones (excluding diaryl/α,β-unsaturated/α-hetero) is 1. The summed E-state index contributed by atoms with van der Waals surface area (Å²) < 4.78 is 7.30. The van der Waals surface area contributed by atoms with Gasteiger partial charge in [0, 0.05) is 25.0 Å². The van der Waals surface area contributed by atoms with Gasteiger partial charge in [-0.15, -0.1) is 0 Å². The fourth-order valence-electron chi connectivity index (χ4n) is 2.79. The molecule has 3 aromatic rings. The summed E-state index contributed by atoms with van der Waals surface area (Å²) in [5, 5.41) is 20.4. The lowest BCUT2D eigenvalue weighted by Crippen LogP contribution is -1.98. The molecule has 1 aromatic carbocycles. The number of ether oxygens (including phenoxy) is 1. The summed E-state index contributed by atoms with van der Waals surface area (Å²) in [7, 11) is 1.80. The molecule has 2 N–H and O–H groups in total. The number of phenolic OH excluding ortho intramolecular Hbond substituents is 1. The summed E-state index contributed by atoms with van der Waals surface area (Å²) in [5.41, 5.74) is 1.37. The minimum Gasteiger partial charge on any atom is -0.507 e. The molecule has 0 spiro atoms. The molecule has 0 saturated carbocycles. The van der Waals surface area contributed by atoms with Gasteiger partial charge < -0.3 is 19.5 Å². The molecule has 0 aliphatic carbocycles. The molecule has 0 unspecified atom stereocenters. The zero-order chi connectivity index (χ0) is 16.1. The van der Waals surface area contributed by atoms with Crippen molar-refractivity contribution < 1.29 is 19.7 Å². The van der Waals surface area contributed by atoms with Gasteiger partial charge in [-0.3, -0.25) is 4.79 Å². The molecule has 6 heteroatoms. The van der Waals surface area contributed by atoms with E-state index in [4.69, 9.17) is 4.74 Å². The molecule has 0 atom stereocenters. The average molecular weight is 308 g/mol. The maximum Gasteiger partial charge on any atom is 0.235 e. The summed E-state index contributed by atoms with van der Waals surface area (Å²) in [6.07, 6.45) is 4.81. The first-order valence-corrected chi connectivity index (χ1v) is 6.95. The number of fused-ring (bicyclic) bond motifs is 2. The van der Waals surface area contributed by atoms with Crippen molar-refractivity contribution in [2.24, 2.45) is 7.05 Å². The number of ketones is 1. The van der Waals surface area contributed by atoms with E-state index in [2.05, 4.69) is 4.98 Å². The smallest absolute Gasteiger partial charge is 0.235 e. The zero-order valence-electron chi connectivity index (χ0n) is 12.1. The summed E-state index contributed by atoms with van der Waals surface area (Å²) >= 11 is 0. The van der Waals surface area contributed by atoms with E-state index >= 15 is 0 Å². The third-order valence-corrected chi connectivity index (χ3v) is 3.83. The van der Waals surface area contributed by atoms with Gasteiger partial charge in [0.25, 0.3) is 0 Å². The summed E-state index contributed by atoms with van der Waals surface area (Å²) in [6.45, 7) is 0. The fourth-order valence-corrected chi connectivity index (χ4v) is 2.79. The van der Waals surface area contributed by atoms with Crippen LogP contribution in [0.25, 0.3) is 17.1 Å². The highest BCUT2D eigenvalue weighted by Crippen LogP contribution is 2.38. The molecule has 0 saturated heterocycles. The normalized spacial score (nSPS) is 15.2. The fraction of sp³-hybridized carbons (Fsp3) is 0.0588. The molecule has 1 aliphatic rings. The van der Waals surface area contributed by atoms with E-state index in [0.717, 1.165) is 0 Å². The SMILES string of the molecule is Cn1cc(/C=C2\Oc3cccc(O)c3C2=O)c2c(O)ccnc21. The van der Waals surface area contributed by atoms with E-state index in [1.807, 2.05) is 0 Å². The number of pyridine rings is 1. The highest BCUT2D eigenvalue weighted by atomic mass is 16.5. The second kappa shape index (κ2) is 4.61. The van der Waals surface area contributed by atoms with Crippen molar-refractivity contribution in [2.75, 3.05) is 0 Å². The first kappa shape index (κ1) is 13.4. The van der Waals surface area contributed by atoms with Gasteiger partial charge in [-0.2, -0.15) is 0 Å². The van der Waals surface area contributed by atoms with Crippen molar-refractivity contribution in [2.45, 2.75) is 0 Å². The lowest BCUT2D eigenvalue weighted by atomic mass is 10.1. The van der Waals surface area contributed by atoms with Crippen molar-refractivity contribution in [3.63, 3.8) is 0 Å². The number of allylic oxidation sites excluding steroid dienone is 1. The number of hydrogen-bond donors (Lipinski definition) is 2. The van der Waals surface area contributed by atoms with E-state index in [-0.39, 0.29) is 22.8 Å². The first-order valence-electron chi connectivity index (χ1n) is 6.95. The third kappa shape index (κ3) is 1.88. The Morgan fingerprint density at radius 3 is 2.83 bits per heavy atom. The number of aryl methyl sites for hydroxylation is 1. The van der Waals surface area contributed by atoms with Gasteiger partial charge in [0.1, 0.15) is 28.5 Å². The maximum absolute atomic E-state index is 12.4. The van der Waals surface area contributed by atoms with E-state index in [1.165, 1.54) is 18.3 Å². The van der Waals surface area contributed by atoms with Crippen LogP contribution in [0.1, 0.15) is 15.9 Å². The van der Waals surface area contributed by atoms with Crippen LogP contribution in [-0.2, 0) is 7.05 Å². The number of phenols is 1. The third-order valence-electron chi connectivity index (χ3n) is 3.83. The number of rotatable bonds is 1. The molecule has 23 heavy (non-hydrogen) atoms. The van der Waals surface area contributed by atoms with Gasteiger partial charge >= 0.3 is 0 Å². The Morgan fingerprint density at radius 1 is 1.22 bits per heavy atom. The van der Waals surface area contributed by atoms with Crippen LogP contribution in [0.15, 0.2) is 42.4 Å². The number of benzene rings is 1. The Balaban J connectivity index is 1.88. The second-order valence-electron chi connectivity index (χ2n) is 5.31. The molecule has 2 aromatic heterocycles. The average Bonchev–Trinajstić information content (AvgIpc) is 3.00. The van der Waals surface area contributed by atoms with Gasteiger partial charge in [-0.25, -0.2) is 4.98 Å². The van der Waals surface area contributed by atoms with Gasteiger partial charge in [0.15, 0.2) is 5.76 Å². The summed E-state index contributed by atoms with van der Waals surface area (Å²) in [4.78, 5) is 16.6. The van der Waals surface area contributed by atoms with Crippen molar-refractivity contribution in [1.82, 2.24) is 9.55 Å². The van der Waals surface area contributed by atoms with Crippen LogP contribution in [0.3, 0.4) is 0 Å². The van der Waals surface area contributed by atoms with E-state index in [9.17, 15) is 15.0 Å². The lowest BCUT2D eigenvalue weighted by molar-refractivity contribution is 0.101. The molecule has 114 valence electrons. The molecular weight excluding hydrogens is 296 g/mol. The van der Waals surface area contributed by atoms with Gasteiger partial charge in [-0.05, 0) is 24.3 Å². The highest BCUT2D eigenvalue weighted by molar-refractivity contribution is 6.16. The Kier molecular flexibility index (Phi) is 2.68. The topological polar surface area (TPSA) is 84.6 Å². The number of hydrogen-bond acceptors (Lipinski definition) is 5. The van der Waals surface area contributed by atoms with Crippen LogP contribution in [0.4, 0.5) is 0 Å². The molecule has 0 radical (unpaired) electrons. The van der Waals surface area contributed by atoms with Crippen LogP contribution < -0.4 is 4.74 Å². The van der Waals surface area contributed by atoms with Crippen molar-refractivity contribution in [3.8, 4) is 17.2 Å². The zero-order valence-corrected chi connectivity index (χ0v) is 12.1. The minimum absolute atomic E-state index is 0.0771. The number of carbonyl (C=O) groups excluding carboxylic acids is 1. The maximum atomic E-state index is 12.4. The molecule has 1 aliphatic heterocycles. The van der Waals surface area contributed by atoms with Crippen molar-refractivity contribution in [3.05, 3.63) is 53.5 Å². The molecule has 0 bridgehead atoms. The van der Waals surface area contributed by atoms with Crippen LogP contribution in [-0.4, -0.2) is 25.5 Å². The highest BCUT2D eigenvalue weighted by Gasteiger charge is 2.30. The largest absolute Gasteiger partial charge is 0.507 e. The number of aromatic hydroxyl groups is 2. The predicted molar refractivity (Wildman–Crippen MR) is 83.4 cm³/mol. The Morgan fingerprint density at radius 2 is 2.04 bits per heavy atom. The van der Waals surface area contributed by atoms with E-state index in [0.29, 0.717) is 22.3 Å². The van der Waals surface area contributed by atoms with Gasteiger partial charge in [0.05, 0.1) is 5.39 Å². The van der Waals surface area contributed by atoms with Crippen molar-refractivity contribution >= 4 is 22.9 Å².